The van der Waals surface area contributed by atoms with E-state index in [1.165, 1.54) is 0 Å². The number of rotatable bonds is 4. The number of piperidine rings is 1. The monoisotopic (exact) mass is 425 g/mol. The number of hydrogen-bond donors (Lipinski definition) is 2. The minimum atomic E-state index is -4.52. The Balaban J connectivity index is 1.57. The number of pyridine rings is 1. The molecule has 2 aliphatic rings. The Morgan fingerprint density at radius 1 is 1.30 bits per heavy atom. The van der Waals surface area contributed by atoms with Crippen LogP contribution in [0.4, 0.5) is 19.0 Å². The van der Waals surface area contributed by atoms with Crippen LogP contribution >= 0.6 is 0 Å². The molecule has 1 atom stereocenters. The summed E-state index contributed by atoms with van der Waals surface area (Å²) in [5, 5.41) is 9.56. The zero-order valence-electron chi connectivity index (χ0n) is 17.1. The van der Waals surface area contributed by atoms with Crippen molar-refractivity contribution in [3.8, 4) is 0 Å². The molecule has 2 aromatic rings. The molecule has 0 aromatic carbocycles. The Bertz CT molecular complexity index is 913. The van der Waals surface area contributed by atoms with Gasteiger partial charge in [0.25, 0.3) is 5.91 Å². The van der Waals surface area contributed by atoms with Gasteiger partial charge in [0.2, 0.25) is 0 Å². The van der Waals surface area contributed by atoms with Crippen molar-refractivity contribution in [2.24, 2.45) is 0 Å². The van der Waals surface area contributed by atoms with Crippen LogP contribution in [0.25, 0.3) is 11.0 Å². The number of amides is 1. The predicted molar refractivity (Wildman–Crippen MR) is 105 cm³/mol. The fourth-order valence-corrected chi connectivity index (χ4v) is 4.23. The van der Waals surface area contributed by atoms with Crippen molar-refractivity contribution in [3.05, 3.63) is 17.3 Å². The number of likely N-dealkylation sites (tertiary alicyclic amines) is 1. The number of aromatic amines is 1. The summed E-state index contributed by atoms with van der Waals surface area (Å²) in [6.45, 7) is 5.26. The molecule has 0 spiro atoms. The molecule has 2 fully saturated rings. The molecule has 164 valence electrons. The Kier molecular flexibility index (Phi) is 5.61. The molecular weight excluding hydrogens is 399 g/mol. The summed E-state index contributed by atoms with van der Waals surface area (Å²) in [5.41, 5.74) is -0.225. The van der Waals surface area contributed by atoms with E-state index in [-0.39, 0.29) is 40.8 Å². The van der Waals surface area contributed by atoms with E-state index >= 15 is 0 Å². The van der Waals surface area contributed by atoms with Gasteiger partial charge in [0.05, 0.1) is 10.9 Å². The van der Waals surface area contributed by atoms with Gasteiger partial charge in [-0.2, -0.15) is 18.3 Å². The number of alkyl halides is 3. The average Bonchev–Trinajstić information content (AvgIpc) is 3.36. The lowest BCUT2D eigenvalue weighted by Crippen LogP contribution is -2.43. The standard InChI is InChI=1S/C20H26F3N5O2/c1-11(2)24-17-16-13(20(21,22)23)10-14(25-18(16)27-26-17)12-5-7-28(8-6-12)19(29)15-4-3-9-30-15/h10-12,15H,3-9H2,1-2H3,(H2,24,25,26,27)/t15-/m1/s1. The number of carbonyl (C=O) groups is 1. The number of ether oxygens (including phenoxy) is 1. The van der Waals surface area contributed by atoms with Crippen LogP contribution < -0.4 is 5.32 Å². The first-order valence-electron chi connectivity index (χ1n) is 10.4. The summed E-state index contributed by atoms with van der Waals surface area (Å²) >= 11 is 0. The van der Waals surface area contributed by atoms with Gasteiger partial charge in [-0.15, -0.1) is 0 Å². The summed E-state index contributed by atoms with van der Waals surface area (Å²) < 4.78 is 47.0. The fraction of sp³-hybridized carbons (Fsp3) is 0.650. The quantitative estimate of drug-likeness (QED) is 0.781. The third-order valence-electron chi connectivity index (χ3n) is 5.71. The molecule has 10 heteroatoms. The van der Waals surface area contributed by atoms with E-state index in [9.17, 15) is 18.0 Å². The molecule has 2 N–H and O–H groups in total. The molecule has 4 rings (SSSR count). The highest BCUT2D eigenvalue weighted by Gasteiger charge is 2.37. The van der Waals surface area contributed by atoms with Gasteiger partial charge >= 0.3 is 6.18 Å². The van der Waals surface area contributed by atoms with Crippen molar-refractivity contribution in [2.75, 3.05) is 25.0 Å². The van der Waals surface area contributed by atoms with Crippen LogP contribution in [0.15, 0.2) is 6.07 Å². The number of aromatic nitrogens is 3. The summed E-state index contributed by atoms with van der Waals surface area (Å²) in [6, 6.07) is 1.08. The maximum Gasteiger partial charge on any atom is 0.417 e. The summed E-state index contributed by atoms with van der Waals surface area (Å²) in [6.07, 6.45) is -2.14. The van der Waals surface area contributed by atoms with E-state index in [2.05, 4.69) is 20.5 Å². The Morgan fingerprint density at radius 3 is 2.63 bits per heavy atom. The Morgan fingerprint density at radius 2 is 2.03 bits per heavy atom. The minimum Gasteiger partial charge on any atom is -0.368 e. The number of fused-ring (bicyclic) bond motifs is 1. The molecule has 0 aliphatic carbocycles. The lowest BCUT2D eigenvalue weighted by Gasteiger charge is -2.33. The number of nitrogens with one attached hydrogen (secondary N) is 2. The van der Waals surface area contributed by atoms with Gasteiger partial charge < -0.3 is 15.0 Å². The van der Waals surface area contributed by atoms with Gasteiger partial charge in [0.1, 0.15) is 6.10 Å². The van der Waals surface area contributed by atoms with Gasteiger partial charge in [-0.3, -0.25) is 9.89 Å². The van der Waals surface area contributed by atoms with E-state index in [1.807, 2.05) is 13.8 Å². The lowest BCUT2D eigenvalue weighted by atomic mass is 9.91. The van der Waals surface area contributed by atoms with Crippen molar-refractivity contribution >= 4 is 22.8 Å². The summed E-state index contributed by atoms with van der Waals surface area (Å²) in [7, 11) is 0. The third kappa shape index (κ3) is 4.10. The normalized spacial score (nSPS) is 21.0. The van der Waals surface area contributed by atoms with E-state index in [1.54, 1.807) is 4.90 Å². The van der Waals surface area contributed by atoms with Crippen LogP contribution in [-0.4, -0.2) is 57.8 Å². The molecule has 7 nitrogen and oxygen atoms in total. The highest BCUT2D eigenvalue weighted by atomic mass is 19.4. The van der Waals surface area contributed by atoms with Crippen molar-refractivity contribution < 1.29 is 22.7 Å². The first-order valence-corrected chi connectivity index (χ1v) is 10.4. The molecule has 0 unspecified atom stereocenters. The Labute approximate surface area is 172 Å². The predicted octanol–water partition coefficient (Wildman–Crippen LogP) is 3.68. The first kappa shape index (κ1) is 20.9. The molecule has 2 aliphatic heterocycles. The van der Waals surface area contributed by atoms with Gasteiger partial charge in [-0.1, -0.05) is 0 Å². The number of carbonyl (C=O) groups excluding carboxylic acids is 1. The molecule has 0 saturated carbocycles. The van der Waals surface area contributed by atoms with Crippen molar-refractivity contribution in [1.29, 1.82) is 0 Å². The second-order valence-electron chi connectivity index (χ2n) is 8.29. The van der Waals surface area contributed by atoms with E-state index < -0.39 is 11.7 Å². The van der Waals surface area contributed by atoms with Crippen LogP contribution in [0.3, 0.4) is 0 Å². The van der Waals surface area contributed by atoms with Gasteiger partial charge in [0.15, 0.2) is 11.5 Å². The molecule has 30 heavy (non-hydrogen) atoms. The van der Waals surface area contributed by atoms with Crippen molar-refractivity contribution in [2.45, 2.75) is 63.8 Å². The molecule has 1 amide bonds. The van der Waals surface area contributed by atoms with Crippen LogP contribution in [0, 0.1) is 0 Å². The minimum absolute atomic E-state index is 0.0108. The van der Waals surface area contributed by atoms with E-state index in [0.717, 1.165) is 18.9 Å². The summed E-state index contributed by atoms with van der Waals surface area (Å²) in [5.74, 6) is 0.000482. The zero-order valence-corrected chi connectivity index (χ0v) is 17.1. The zero-order chi connectivity index (χ0) is 21.5. The highest BCUT2D eigenvalue weighted by molar-refractivity contribution is 5.91. The summed E-state index contributed by atoms with van der Waals surface area (Å²) in [4.78, 5) is 18.7. The largest absolute Gasteiger partial charge is 0.417 e. The number of halogens is 3. The van der Waals surface area contributed by atoms with Crippen LogP contribution in [-0.2, 0) is 15.7 Å². The molecular formula is C20H26F3N5O2. The van der Waals surface area contributed by atoms with Crippen LogP contribution in [0.2, 0.25) is 0 Å². The number of H-pyrrole nitrogens is 1. The lowest BCUT2D eigenvalue weighted by molar-refractivity contribution is -0.142. The first-order chi connectivity index (χ1) is 14.2. The SMILES string of the molecule is CC(C)Nc1n[nH]c2nc(C3CCN(C(=O)[C@H]4CCCO4)CC3)cc(C(F)(F)F)c12. The second kappa shape index (κ2) is 8.05. The van der Waals surface area contributed by atoms with Gasteiger partial charge in [-0.05, 0) is 45.6 Å². The average molecular weight is 425 g/mol. The van der Waals surface area contributed by atoms with E-state index in [0.29, 0.717) is 38.2 Å². The number of anilines is 1. The Hall–Kier alpha value is -2.36. The topological polar surface area (TPSA) is 83.1 Å². The smallest absolute Gasteiger partial charge is 0.368 e. The van der Waals surface area contributed by atoms with Gasteiger partial charge in [-0.25, -0.2) is 4.98 Å². The van der Waals surface area contributed by atoms with Crippen molar-refractivity contribution in [3.63, 3.8) is 0 Å². The highest BCUT2D eigenvalue weighted by Crippen LogP contribution is 2.40. The number of nitrogens with zero attached hydrogens (tertiary/aromatic N) is 3. The van der Waals surface area contributed by atoms with Crippen molar-refractivity contribution in [1.82, 2.24) is 20.1 Å². The third-order valence-corrected chi connectivity index (χ3v) is 5.71. The van der Waals surface area contributed by atoms with E-state index in [4.69, 9.17) is 4.74 Å². The fourth-order valence-electron chi connectivity index (χ4n) is 4.23. The number of hydrogen-bond acceptors (Lipinski definition) is 5. The maximum absolute atomic E-state index is 13.8. The molecule has 4 heterocycles. The second-order valence-corrected chi connectivity index (χ2v) is 8.29. The molecule has 2 aromatic heterocycles. The maximum atomic E-state index is 13.8. The molecule has 0 radical (unpaired) electrons. The molecule has 0 bridgehead atoms. The van der Waals surface area contributed by atoms with Crippen LogP contribution in [0.5, 0.6) is 0 Å². The van der Waals surface area contributed by atoms with Gasteiger partial charge in [0, 0.05) is 37.4 Å². The molecule has 2 saturated heterocycles. The van der Waals surface area contributed by atoms with Crippen LogP contribution in [0.1, 0.15) is 56.7 Å².